The highest BCUT2D eigenvalue weighted by molar-refractivity contribution is 5.55. The second-order valence-electron chi connectivity index (χ2n) is 4.53. The van der Waals surface area contributed by atoms with Gasteiger partial charge in [0.2, 0.25) is 0 Å². The number of benzene rings is 2. The van der Waals surface area contributed by atoms with Crippen LogP contribution in [-0.2, 0) is 6.54 Å². The standard InChI is InChI=1S/C15H14FNO3/c16-11-5-10(6-13(18)7-11)9-17-12-1-2-14-15(8-12)20-4-3-19-14/h1-2,5-8,17-18H,3-4,9H2. The molecule has 1 aliphatic heterocycles. The summed E-state index contributed by atoms with van der Waals surface area (Å²) in [7, 11) is 0. The van der Waals surface area contributed by atoms with Crippen molar-refractivity contribution < 1.29 is 19.0 Å². The lowest BCUT2D eigenvalue weighted by Crippen LogP contribution is -2.15. The lowest BCUT2D eigenvalue weighted by molar-refractivity contribution is 0.171. The van der Waals surface area contributed by atoms with Gasteiger partial charge in [-0.1, -0.05) is 0 Å². The van der Waals surface area contributed by atoms with Crippen molar-refractivity contribution in [3.05, 3.63) is 47.8 Å². The third-order valence-electron chi connectivity index (χ3n) is 2.98. The average molecular weight is 275 g/mol. The van der Waals surface area contributed by atoms with Crippen molar-refractivity contribution in [1.82, 2.24) is 0 Å². The highest BCUT2D eigenvalue weighted by atomic mass is 19.1. The quantitative estimate of drug-likeness (QED) is 0.904. The van der Waals surface area contributed by atoms with Crippen LogP contribution >= 0.6 is 0 Å². The number of hydrogen-bond acceptors (Lipinski definition) is 4. The molecule has 1 aliphatic rings. The van der Waals surface area contributed by atoms with Crippen LogP contribution in [0.4, 0.5) is 10.1 Å². The van der Waals surface area contributed by atoms with Crippen LogP contribution < -0.4 is 14.8 Å². The number of aromatic hydroxyl groups is 1. The molecule has 2 aromatic rings. The molecule has 104 valence electrons. The van der Waals surface area contributed by atoms with E-state index < -0.39 is 5.82 Å². The Balaban J connectivity index is 1.71. The lowest BCUT2D eigenvalue weighted by Gasteiger charge is -2.19. The fraction of sp³-hybridized carbons (Fsp3) is 0.200. The summed E-state index contributed by atoms with van der Waals surface area (Å²) in [6, 6.07) is 9.52. The number of halogens is 1. The SMILES string of the molecule is Oc1cc(F)cc(CNc2ccc3c(c2)OCCO3)c1. The van der Waals surface area contributed by atoms with Crippen LogP contribution in [0.1, 0.15) is 5.56 Å². The summed E-state index contributed by atoms with van der Waals surface area (Å²) in [5, 5.41) is 12.5. The molecule has 5 heteroatoms. The van der Waals surface area contributed by atoms with Crippen molar-refractivity contribution in [2.45, 2.75) is 6.54 Å². The van der Waals surface area contributed by atoms with Crippen molar-refractivity contribution in [1.29, 1.82) is 0 Å². The van der Waals surface area contributed by atoms with E-state index >= 15 is 0 Å². The van der Waals surface area contributed by atoms with Gasteiger partial charge in [0, 0.05) is 24.4 Å². The maximum Gasteiger partial charge on any atom is 0.163 e. The van der Waals surface area contributed by atoms with Crippen molar-refractivity contribution in [2.75, 3.05) is 18.5 Å². The molecule has 4 nitrogen and oxygen atoms in total. The molecule has 0 radical (unpaired) electrons. The Labute approximate surface area is 115 Å². The van der Waals surface area contributed by atoms with E-state index in [1.54, 1.807) is 0 Å². The Morgan fingerprint density at radius 1 is 1.05 bits per heavy atom. The predicted molar refractivity (Wildman–Crippen MR) is 72.8 cm³/mol. The summed E-state index contributed by atoms with van der Waals surface area (Å²) in [5.41, 5.74) is 1.51. The molecule has 2 N–H and O–H groups in total. The Bertz CT molecular complexity index is 610. The number of anilines is 1. The number of phenolic OH excluding ortho intramolecular Hbond substituents is 1. The molecule has 0 fully saturated rings. The van der Waals surface area contributed by atoms with Gasteiger partial charge in [-0.2, -0.15) is 0 Å². The first kappa shape index (κ1) is 12.6. The molecular weight excluding hydrogens is 261 g/mol. The van der Waals surface area contributed by atoms with Crippen LogP contribution in [0.15, 0.2) is 36.4 Å². The molecule has 3 rings (SSSR count). The predicted octanol–water partition coefficient (Wildman–Crippen LogP) is 2.91. The second kappa shape index (κ2) is 5.28. The van der Waals surface area contributed by atoms with E-state index in [4.69, 9.17) is 9.47 Å². The van der Waals surface area contributed by atoms with E-state index in [1.807, 2.05) is 18.2 Å². The van der Waals surface area contributed by atoms with Gasteiger partial charge < -0.3 is 19.9 Å². The molecule has 20 heavy (non-hydrogen) atoms. The maximum absolute atomic E-state index is 13.2. The number of ether oxygens (including phenoxy) is 2. The van der Waals surface area contributed by atoms with Gasteiger partial charge in [0.15, 0.2) is 11.5 Å². The van der Waals surface area contributed by atoms with Gasteiger partial charge in [0.1, 0.15) is 24.8 Å². The van der Waals surface area contributed by atoms with E-state index in [0.717, 1.165) is 17.5 Å². The normalized spacial score (nSPS) is 13.1. The lowest BCUT2D eigenvalue weighted by atomic mass is 10.2. The first-order valence-electron chi connectivity index (χ1n) is 6.33. The molecule has 0 spiro atoms. The van der Waals surface area contributed by atoms with Crippen LogP contribution in [0.2, 0.25) is 0 Å². The Morgan fingerprint density at radius 2 is 1.85 bits per heavy atom. The first-order chi connectivity index (χ1) is 9.70. The van der Waals surface area contributed by atoms with Gasteiger partial charge in [-0.05, 0) is 29.8 Å². The molecule has 0 bridgehead atoms. The topological polar surface area (TPSA) is 50.7 Å². The minimum absolute atomic E-state index is 0.0797. The van der Waals surface area contributed by atoms with Crippen LogP contribution in [0, 0.1) is 5.82 Å². The zero-order valence-electron chi connectivity index (χ0n) is 10.7. The third kappa shape index (κ3) is 2.77. The van der Waals surface area contributed by atoms with Gasteiger partial charge in [0.05, 0.1) is 0 Å². The fourth-order valence-corrected chi connectivity index (χ4v) is 2.09. The van der Waals surface area contributed by atoms with E-state index in [0.29, 0.717) is 31.1 Å². The summed E-state index contributed by atoms with van der Waals surface area (Å²) in [4.78, 5) is 0. The number of rotatable bonds is 3. The van der Waals surface area contributed by atoms with E-state index in [9.17, 15) is 9.50 Å². The fourth-order valence-electron chi connectivity index (χ4n) is 2.09. The summed E-state index contributed by atoms with van der Waals surface area (Å²) in [5.74, 6) is 0.890. The molecule has 0 unspecified atom stereocenters. The minimum Gasteiger partial charge on any atom is -0.508 e. The van der Waals surface area contributed by atoms with Crippen molar-refractivity contribution in [3.63, 3.8) is 0 Å². The number of hydrogen-bond donors (Lipinski definition) is 2. The summed E-state index contributed by atoms with van der Waals surface area (Å²) < 4.78 is 24.1. The molecule has 0 saturated carbocycles. The summed E-state index contributed by atoms with van der Waals surface area (Å²) in [6.07, 6.45) is 0. The number of nitrogens with one attached hydrogen (secondary N) is 1. The average Bonchev–Trinajstić information content (AvgIpc) is 2.44. The molecule has 0 aliphatic carbocycles. The molecule has 0 aromatic heterocycles. The molecule has 1 heterocycles. The Kier molecular flexibility index (Phi) is 3.33. The van der Waals surface area contributed by atoms with Gasteiger partial charge in [-0.15, -0.1) is 0 Å². The smallest absolute Gasteiger partial charge is 0.163 e. The van der Waals surface area contributed by atoms with Crippen molar-refractivity contribution in [2.24, 2.45) is 0 Å². The second-order valence-corrected chi connectivity index (χ2v) is 4.53. The first-order valence-corrected chi connectivity index (χ1v) is 6.33. The van der Waals surface area contributed by atoms with Crippen LogP contribution in [0.5, 0.6) is 17.2 Å². The third-order valence-corrected chi connectivity index (χ3v) is 2.98. The monoisotopic (exact) mass is 275 g/mol. The number of phenols is 1. The molecule has 0 saturated heterocycles. The minimum atomic E-state index is -0.455. The van der Waals surface area contributed by atoms with E-state index in [2.05, 4.69) is 5.32 Å². The number of fused-ring (bicyclic) bond motifs is 1. The molecule has 0 amide bonds. The summed E-state index contributed by atoms with van der Waals surface area (Å²) >= 11 is 0. The van der Waals surface area contributed by atoms with Gasteiger partial charge in [-0.3, -0.25) is 0 Å². The maximum atomic E-state index is 13.2. The largest absolute Gasteiger partial charge is 0.508 e. The Hall–Kier alpha value is -2.43. The molecule has 2 aromatic carbocycles. The van der Waals surface area contributed by atoms with E-state index in [-0.39, 0.29) is 5.75 Å². The van der Waals surface area contributed by atoms with Crippen LogP contribution in [0.25, 0.3) is 0 Å². The van der Waals surface area contributed by atoms with Crippen LogP contribution in [-0.4, -0.2) is 18.3 Å². The zero-order valence-corrected chi connectivity index (χ0v) is 10.7. The van der Waals surface area contributed by atoms with Gasteiger partial charge in [0.25, 0.3) is 0 Å². The van der Waals surface area contributed by atoms with Gasteiger partial charge >= 0.3 is 0 Å². The highest BCUT2D eigenvalue weighted by Crippen LogP contribution is 2.32. The highest BCUT2D eigenvalue weighted by Gasteiger charge is 2.11. The Morgan fingerprint density at radius 3 is 2.65 bits per heavy atom. The van der Waals surface area contributed by atoms with Gasteiger partial charge in [-0.25, -0.2) is 4.39 Å². The molecule has 0 atom stereocenters. The van der Waals surface area contributed by atoms with Crippen molar-refractivity contribution >= 4 is 5.69 Å². The van der Waals surface area contributed by atoms with Crippen molar-refractivity contribution in [3.8, 4) is 17.2 Å². The van der Waals surface area contributed by atoms with E-state index in [1.165, 1.54) is 12.1 Å². The summed E-state index contributed by atoms with van der Waals surface area (Å²) in [6.45, 7) is 1.50. The molecular formula is C15H14FNO3. The van der Waals surface area contributed by atoms with Crippen LogP contribution in [0.3, 0.4) is 0 Å². The zero-order chi connectivity index (χ0) is 13.9.